The van der Waals surface area contributed by atoms with Crippen molar-refractivity contribution in [3.8, 4) is 11.4 Å². The topological polar surface area (TPSA) is 89.2 Å². The van der Waals surface area contributed by atoms with Crippen LogP contribution in [0.15, 0.2) is 24.3 Å². The Morgan fingerprint density at radius 2 is 2.00 bits per heavy atom. The van der Waals surface area contributed by atoms with Crippen LogP contribution in [0.3, 0.4) is 0 Å². The molecule has 1 fully saturated rings. The fraction of sp³-hybridized carbons (Fsp3) is 0.474. The van der Waals surface area contributed by atoms with Crippen LogP contribution in [0.5, 0.6) is 0 Å². The third-order valence-electron chi connectivity index (χ3n) is 5.32. The van der Waals surface area contributed by atoms with Gasteiger partial charge in [0.25, 0.3) is 0 Å². The van der Waals surface area contributed by atoms with E-state index >= 15 is 0 Å². The summed E-state index contributed by atoms with van der Waals surface area (Å²) in [4.78, 5) is 11.8. The van der Waals surface area contributed by atoms with Gasteiger partial charge in [-0.3, -0.25) is 0 Å². The number of aryl methyl sites for hydroxylation is 1. The second kappa shape index (κ2) is 7.37. The van der Waals surface area contributed by atoms with Crippen LogP contribution >= 0.6 is 11.6 Å². The minimum absolute atomic E-state index is 0.0434. The molecular formula is C19H23ClN4O2S. The third kappa shape index (κ3) is 4.10. The van der Waals surface area contributed by atoms with E-state index < -0.39 is 10.0 Å². The summed E-state index contributed by atoms with van der Waals surface area (Å²) in [7, 11) is -3.54. The van der Waals surface area contributed by atoms with E-state index in [1.165, 1.54) is 0 Å². The van der Waals surface area contributed by atoms with Crippen molar-refractivity contribution in [1.82, 2.24) is 9.97 Å². The summed E-state index contributed by atoms with van der Waals surface area (Å²) in [6, 6.07) is 7.40. The number of primary sulfonamides is 1. The number of anilines is 1. The number of sulfonamides is 1. The third-order valence-corrected chi connectivity index (χ3v) is 6.40. The van der Waals surface area contributed by atoms with Crippen LogP contribution in [-0.4, -0.2) is 36.7 Å². The van der Waals surface area contributed by atoms with Gasteiger partial charge in [-0.1, -0.05) is 23.7 Å². The molecule has 0 spiro atoms. The molecule has 0 bridgehead atoms. The second-order valence-electron chi connectivity index (χ2n) is 7.33. The van der Waals surface area contributed by atoms with E-state index in [0.29, 0.717) is 10.8 Å². The maximum atomic E-state index is 11.7. The first-order valence-electron chi connectivity index (χ1n) is 9.33. The highest BCUT2D eigenvalue weighted by molar-refractivity contribution is 7.89. The lowest BCUT2D eigenvalue weighted by Crippen LogP contribution is -2.38. The number of fused-ring (bicyclic) bond motifs is 1. The first kappa shape index (κ1) is 18.7. The van der Waals surface area contributed by atoms with Crippen molar-refractivity contribution in [3.63, 3.8) is 0 Å². The Bertz CT molecular complexity index is 964. The van der Waals surface area contributed by atoms with Crippen LogP contribution in [0.2, 0.25) is 5.02 Å². The van der Waals surface area contributed by atoms with Crippen molar-refractivity contribution in [1.29, 1.82) is 0 Å². The minimum Gasteiger partial charge on any atom is -0.352 e. The van der Waals surface area contributed by atoms with Crippen LogP contribution in [-0.2, 0) is 22.9 Å². The van der Waals surface area contributed by atoms with Crippen molar-refractivity contribution >= 4 is 27.4 Å². The van der Waals surface area contributed by atoms with E-state index in [-0.39, 0.29) is 11.8 Å². The molecule has 8 heteroatoms. The predicted molar refractivity (Wildman–Crippen MR) is 107 cm³/mol. The highest BCUT2D eigenvalue weighted by Gasteiger charge is 2.32. The molecule has 1 atom stereocenters. The zero-order chi connectivity index (χ0) is 19.0. The van der Waals surface area contributed by atoms with Crippen LogP contribution in [0.1, 0.15) is 36.9 Å². The van der Waals surface area contributed by atoms with E-state index in [4.69, 9.17) is 26.7 Å². The van der Waals surface area contributed by atoms with Crippen molar-refractivity contribution in [2.75, 3.05) is 17.2 Å². The highest BCUT2D eigenvalue weighted by Crippen LogP contribution is 2.34. The standard InChI is InChI=1S/C19H23ClN4O2S/c20-14-6-3-5-13(11-14)18-22-17-9-2-1-8-16(17)19(23-18)24-10-4-7-15(24)12-27(21,25)26/h3,5-6,11,15H,1-2,4,7-10,12H2,(H2,21,25,26)/t15-/m0/s1. The van der Waals surface area contributed by atoms with Gasteiger partial charge in [-0.2, -0.15) is 0 Å². The monoisotopic (exact) mass is 406 g/mol. The van der Waals surface area contributed by atoms with E-state index in [0.717, 1.165) is 67.7 Å². The first-order valence-corrected chi connectivity index (χ1v) is 11.4. The van der Waals surface area contributed by atoms with Crippen molar-refractivity contribution in [2.24, 2.45) is 5.14 Å². The average molecular weight is 407 g/mol. The van der Waals surface area contributed by atoms with Gasteiger partial charge in [0.2, 0.25) is 10.0 Å². The molecule has 2 N–H and O–H groups in total. The Morgan fingerprint density at radius 1 is 1.19 bits per heavy atom. The number of rotatable bonds is 4. The number of hydrogen-bond acceptors (Lipinski definition) is 5. The summed E-state index contributed by atoms with van der Waals surface area (Å²) >= 11 is 6.15. The molecule has 1 aromatic heterocycles. The fourth-order valence-corrected chi connectivity index (χ4v) is 5.20. The SMILES string of the molecule is NS(=O)(=O)C[C@@H]1CCCN1c1nc(-c2cccc(Cl)c2)nc2c1CCCC2. The molecule has 1 aliphatic carbocycles. The highest BCUT2D eigenvalue weighted by atomic mass is 35.5. The molecule has 6 nitrogen and oxygen atoms in total. The van der Waals surface area contributed by atoms with Crippen LogP contribution in [0, 0.1) is 0 Å². The van der Waals surface area contributed by atoms with Gasteiger partial charge in [-0.05, 0) is 50.7 Å². The molecule has 0 amide bonds. The molecule has 1 aliphatic heterocycles. The molecule has 27 heavy (non-hydrogen) atoms. The Morgan fingerprint density at radius 3 is 2.78 bits per heavy atom. The lowest BCUT2D eigenvalue weighted by atomic mass is 9.95. The van der Waals surface area contributed by atoms with E-state index in [1.54, 1.807) is 0 Å². The molecule has 4 rings (SSSR count). The van der Waals surface area contributed by atoms with Gasteiger partial charge in [-0.15, -0.1) is 0 Å². The lowest BCUT2D eigenvalue weighted by molar-refractivity contribution is 0.586. The molecule has 1 aromatic carbocycles. The maximum absolute atomic E-state index is 11.7. The smallest absolute Gasteiger partial charge is 0.211 e. The Hall–Kier alpha value is -1.70. The number of benzene rings is 1. The molecule has 0 saturated carbocycles. The quantitative estimate of drug-likeness (QED) is 0.843. The molecule has 0 radical (unpaired) electrons. The van der Waals surface area contributed by atoms with Crippen molar-refractivity contribution in [2.45, 2.75) is 44.6 Å². The number of halogens is 1. The number of aromatic nitrogens is 2. The number of nitrogens with zero attached hydrogens (tertiary/aromatic N) is 3. The normalized spacial score (nSPS) is 19.9. The summed E-state index contributed by atoms with van der Waals surface area (Å²) in [6.45, 7) is 0.790. The number of hydrogen-bond donors (Lipinski definition) is 1. The van der Waals surface area contributed by atoms with Gasteiger partial charge >= 0.3 is 0 Å². The summed E-state index contributed by atoms with van der Waals surface area (Å²) in [6.07, 6.45) is 5.81. The Labute approximate surface area is 164 Å². The average Bonchev–Trinajstić information content (AvgIpc) is 3.06. The van der Waals surface area contributed by atoms with Gasteiger partial charge in [0, 0.05) is 34.4 Å². The summed E-state index contributed by atoms with van der Waals surface area (Å²) in [5, 5.41) is 5.97. The molecule has 2 heterocycles. The van der Waals surface area contributed by atoms with Crippen molar-refractivity contribution in [3.05, 3.63) is 40.5 Å². The van der Waals surface area contributed by atoms with Gasteiger partial charge in [0.05, 0.1) is 5.75 Å². The van der Waals surface area contributed by atoms with Crippen LogP contribution in [0.4, 0.5) is 5.82 Å². The fourth-order valence-electron chi connectivity index (χ4n) is 4.12. The van der Waals surface area contributed by atoms with Gasteiger partial charge < -0.3 is 4.90 Å². The molecule has 2 aromatic rings. The second-order valence-corrected chi connectivity index (χ2v) is 9.43. The Kier molecular flexibility index (Phi) is 5.09. The minimum atomic E-state index is -3.54. The summed E-state index contributed by atoms with van der Waals surface area (Å²) < 4.78 is 23.4. The molecular weight excluding hydrogens is 384 g/mol. The van der Waals surface area contributed by atoms with Gasteiger partial charge in [0.1, 0.15) is 5.82 Å². The molecule has 0 unspecified atom stereocenters. The molecule has 1 saturated heterocycles. The predicted octanol–water partition coefficient (Wildman–Crippen LogP) is 2.93. The van der Waals surface area contributed by atoms with Crippen molar-refractivity contribution < 1.29 is 8.42 Å². The summed E-state index contributed by atoms with van der Waals surface area (Å²) in [5.74, 6) is 1.48. The summed E-state index contributed by atoms with van der Waals surface area (Å²) in [5.41, 5.74) is 3.11. The zero-order valence-corrected chi connectivity index (χ0v) is 16.6. The first-order chi connectivity index (χ1) is 12.9. The number of nitrogens with two attached hydrogens (primary N) is 1. The van der Waals surface area contributed by atoms with Crippen LogP contribution in [0.25, 0.3) is 11.4 Å². The Balaban J connectivity index is 1.80. The molecule has 2 aliphatic rings. The van der Waals surface area contributed by atoms with E-state index in [2.05, 4.69) is 4.90 Å². The van der Waals surface area contributed by atoms with Gasteiger partial charge in [-0.25, -0.2) is 23.5 Å². The zero-order valence-electron chi connectivity index (χ0n) is 15.1. The van der Waals surface area contributed by atoms with E-state index in [9.17, 15) is 8.42 Å². The van der Waals surface area contributed by atoms with E-state index in [1.807, 2.05) is 24.3 Å². The largest absolute Gasteiger partial charge is 0.352 e. The van der Waals surface area contributed by atoms with Crippen LogP contribution < -0.4 is 10.0 Å². The maximum Gasteiger partial charge on any atom is 0.211 e. The van der Waals surface area contributed by atoms with Gasteiger partial charge in [0.15, 0.2) is 5.82 Å². The molecule has 144 valence electrons. The lowest BCUT2D eigenvalue weighted by Gasteiger charge is -2.30.